The van der Waals surface area contributed by atoms with Gasteiger partial charge in [0.25, 0.3) is 0 Å². The normalized spacial score (nSPS) is 23.8. The average molecular weight is 488 g/mol. The Balaban J connectivity index is 1.41. The number of rotatable bonds is 6. The molecule has 2 aromatic carbocycles. The lowest BCUT2D eigenvalue weighted by atomic mass is 9.79. The number of fused-ring (bicyclic) bond motifs is 5. The van der Waals surface area contributed by atoms with Gasteiger partial charge in [-0.05, 0) is 30.5 Å². The predicted octanol–water partition coefficient (Wildman–Crippen LogP) is 4.21. The summed E-state index contributed by atoms with van der Waals surface area (Å²) in [6.45, 7) is 0.781. The fourth-order valence-corrected chi connectivity index (χ4v) is 6.19. The van der Waals surface area contributed by atoms with Crippen LogP contribution in [0.1, 0.15) is 47.4 Å². The summed E-state index contributed by atoms with van der Waals surface area (Å²) in [5, 5.41) is 4.84. The van der Waals surface area contributed by atoms with E-state index in [1.807, 2.05) is 30.5 Å². The molecule has 36 heavy (non-hydrogen) atoms. The van der Waals surface area contributed by atoms with Gasteiger partial charge in [-0.3, -0.25) is 9.69 Å². The van der Waals surface area contributed by atoms with Crippen LogP contribution >= 0.6 is 0 Å². The van der Waals surface area contributed by atoms with E-state index in [1.54, 1.807) is 12.4 Å². The molecule has 8 heteroatoms. The first-order valence-electron chi connectivity index (χ1n) is 12.5. The highest BCUT2D eigenvalue weighted by Gasteiger charge is 2.48. The van der Waals surface area contributed by atoms with Crippen LogP contribution in [0.4, 0.5) is 4.39 Å². The lowest BCUT2D eigenvalue weighted by molar-refractivity contribution is -0.152. The molecule has 0 amide bonds. The Morgan fingerprint density at radius 3 is 2.78 bits per heavy atom. The lowest BCUT2D eigenvalue weighted by Gasteiger charge is -2.50. The second-order valence-electron chi connectivity index (χ2n) is 9.76. The van der Waals surface area contributed by atoms with Crippen molar-refractivity contribution in [2.24, 2.45) is 0 Å². The van der Waals surface area contributed by atoms with E-state index in [0.29, 0.717) is 18.4 Å². The van der Waals surface area contributed by atoms with Crippen LogP contribution in [0.15, 0.2) is 61.1 Å². The van der Waals surface area contributed by atoms with Crippen LogP contribution in [0.3, 0.4) is 0 Å². The van der Waals surface area contributed by atoms with Gasteiger partial charge in [0.15, 0.2) is 0 Å². The number of para-hydroxylation sites is 1. The van der Waals surface area contributed by atoms with Gasteiger partial charge in [0.1, 0.15) is 11.9 Å². The molecule has 186 valence electrons. The summed E-state index contributed by atoms with van der Waals surface area (Å²) in [5.74, 6) is -0.520. The number of imidazole rings is 1. The molecule has 4 heterocycles. The number of benzene rings is 2. The molecule has 0 radical (unpaired) electrons. The van der Waals surface area contributed by atoms with E-state index < -0.39 is 6.04 Å². The van der Waals surface area contributed by atoms with Crippen LogP contribution in [-0.2, 0) is 22.4 Å². The molecule has 2 aliphatic rings. The van der Waals surface area contributed by atoms with E-state index in [9.17, 15) is 4.79 Å². The van der Waals surface area contributed by atoms with Crippen LogP contribution < -0.4 is 5.32 Å². The van der Waals surface area contributed by atoms with Crippen LogP contribution in [0.2, 0.25) is 0 Å². The number of nitrogens with one attached hydrogen (secondary N) is 3. The number of H-pyrrole nitrogens is 2. The number of aromatic amines is 2. The zero-order valence-electron chi connectivity index (χ0n) is 20.2. The number of piperidine rings is 1. The first-order valence-corrected chi connectivity index (χ1v) is 12.5. The molecule has 0 bridgehead atoms. The Hall–Kier alpha value is -3.49. The summed E-state index contributed by atoms with van der Waals surface area (Å²) in [4.78, 5) is 26.2. The van der Waals surface area contributed by atoms with Crippen molar-refractivity contribution < 1.29 is 13.9 Å². The molecule has 0 aliphatic carbocycles. The number of halogens is 1. The summed E-state index contributed by atoms with van der Waals surface area (Å²) < 4.78 is 20.5. The second-order valence-corrected chi connectivity index (χ2v) is 9.76. The van der Waals surface area contributed by atoms with Gasteiger partial charge in [-0.15, -0.1) is 0 Å². The smallest absolute Gasteiger partial charge is 0.323 e. The third-order valence-corrected chi connectivity index (χ3v) is 7.79. The van der Waals surface area contributed by atoms with Crippen molar-refractivity contribution in [1.29, 1.82) is 0 Å². The molecule has 4 atom stereocenters. The largest absolute Gasteiger partial charge is 0.468 e. The minimum Gasteiger partial charge on any atom is -0.468 e. The van der Waals surface area contributed by atoms with E-state index in [2.05, 4.69) is 37.3 Å². The van der Waals surface area contributed by atoms with Crippen molar-refractivity contribution in [1.82, 2.24) is 25.2 Å². The number of nitrogens with zero attached hydrogens (tertiary/aromatic N) is 2. The lowest BCUT2D eigenvalue weighted by Crippen LogP contribution is -2.55. The van der Waals surface area contributed by atoms with Gasteiger partial charge >= 0.3 is 5.97 Å². The summed E-state index contributed by atoms with van der Waals surface area (Å²) in [6, 6.07) is 14.5. The molecule has 2 aromatic heterocycles. The Labute approximate surface area is 209 Å². The van der Waals surface area contributed by atoms with E-state index in [0.717, 1.165) is 47.2 Å². The molecule has 4 aromatic rings. The van der Waals surface area contributed by atoms with E-state index in [4.69, 9.17) is 4.74 Å². The Kier molecular flexibility index (Phi) is 6.07. The van der Waals surface area contributed by atoms with Crippen LogP contribution in [0.5, 0.6) is 0 Å². The quantitative estimate of drug-likeness (QED) is 0.355. The third kappa shape index (κ3) is 4.00. The minimum absolute atomic E-state index is 0.0757. The summed E-state index contributed by atoms with van der Waals surface area (Å²) in [6.07, 6.45) is 6.40. The summed E-state index contributed by atoms with van der Waals surface area (Å²) in [5.41, 5.74) is 5.04. The maximum absolute atomic E-state index is 15.2. The van der Waals surface area contributed by atoms with E-state index in [1.165, 1.54) is 13.2 Å². The molecule has 1 saturated heterocycles. The second kappa shape index (κ2) is 9.52. The minimum atomic E-state index is -0.484. The SMILES string of the molecule is COC(=O)[C@@H]1Cc2c([nH]c3ccccc23)[C@H]2C[C@@H](NCCc3cnc[nH]3)C[C@@H](c3ccccc3F)N21. The van der Waals surface area contributed by atoms with E-state index >= 15 is 4.39 Å². The van der Waals surface area contributed by atoms with Crippen LogP contribution in [-0.4, -0.2) is 51.6 Å². The average Bonchev–Trinajstić information content (AvgIpc) is 3.56. The zero-order valence-corrected chi connectivity index (χ0v) is 20.2. The Morgan fingerprint density at radius 2 is 1.97 bits per heavy atom. The fraction of sp³-hybridized carbons (Fsp3) is 0.357. The molecule has 3 N–H and O–H groups in total. The molecule has 7 nitrogen and oxygen atoms in total. The maximum Gasteiger partial charge on any atom is 0.323 e. The van der Waals surface area contributed by atoms with Crippen LogP contribution in [0, 0.1) is 5.82 Å². The molecule has 6 rings (SSSR count). The number of methoxy groups -OCH3 is 1. The molecular weight excluding hydrogens is 457 g/mol. The zero-order chi connectivity index (χ0) is 24.6. The highest BCUT2D eigenvalue weighted by atomic mass is 19.1. The van der Waals surface area contributed by atoms with Gasteiger partial charge in [0, 0.05) is 65.5 Å². The number of ether oxygens (including phenoxy) is 1. The Morgan fingerprint density at radius 1 is 1.17 bits per heavy atom. The molecule has 2 aliphatic heterocycles. The number of aromatic nitrogens is 3. The van der Waals surface area contributed by atoms with Crippen molar-refractivity contribution in [2.75, 3.05) is 13.7 Å². The van der Waals surface area contributed by atoms with Gasteiger partial charge in [0.2, 0.25) is 0 Å². The monoisotopic (exact) mass is 487 g/mol. The number of hydrogen-bond acceptors (Lipinski definition) is 5. The standard InChI is InChI=1S/C28H30FN5O2/c1-36-28(35)26-14-21-19-6-3-5-9-23(19)33-27(21)25-13-18(31-11-10-17-15-30-16-32-17)12-24(34(25)26)20-7-2-4-8-22(20)29/h2-9,15-16,18,24-26,31,33H,10-14H2,1H3,(H,30,32)/t18-,24-,25+,26-/m0/s1. The molecule has 1 fully saturated rings. The van der Waals surface area contributed by atoms with Gasteiger partial charge in [0.05, 0.1) is 19.5 Å². The van der Waals surface area contributed by atoms with E-state index in [-0.39, 0.29) is 29.9 Å². The number of hydrogen-bond donors (Lipinski definition) is 3. The van der Waals surface area contributed by atoms with Crippen molar-refractivity contribution >= 4 is 16.9 Å². The topological polar surface area (TPSA) is 86.0 Å². The summed E-state index contributed by atoms with van der Waals surface area (Å²) in [7, 11) is 1.43. The van der Waals surface area contributed by atoms with Crippen molar-refractivity contribution in [3.05, 3.63) is 89.4 Å². The predicted molar refractivity (Wildman–Crippen MR) is 135 cm³/mol. The number of esters is 1. The molecule has 0 spiro atoms. The first-order chi connectivity index (χ1) is 17.6. The van der Waals surface area contributed by atoms with Crippen molar-refractivity contribution in [3.63, 3.8) is 0 Å². The molecule has 0 unspecified atom stereocenters. The molecule has 0 saturated carbocycles. The molecular formula is C28H30FN5O2. The fourth-order valence-electron chi connectivity index (χ4n) is 6.19. The van der Waals surface area contributed by atoms with Gasteiger partial charge in [-0.1, -0.05) is 36.4 Å². The van der Waals surface area contributed by atoms with Gasteiger partial charge in [-0.25, -0.2) is 9.37 Å². The highest BCUT2D eigenvalue weighted by molar-refractivity contribution is 5.87. The van der Waals surface area contributed by atoms with Crippen LogP contribution in [0.25, 0.3) is 10.9 Å². The summed E-state index contributed by atoms with van der Waals surface area (Å²) >= 11 is 0. The first kappa shape index (κ1) is 22.9. The number of carbonyl (C=O) groups excluding carboxylic acids is 1. The van der Waals surface area contributed by atoms with Crippen molar-refractivity contribution in [3.8, 4) is 0 Å². The highest BCUT2D eigenvalue weighted by Crippen LogP contribution is 2.49. The number of carbonyl (C=O) groups is 1. The maximum atomic E-state index is 15.2. The third-order valence-electron chi connectivity index (χ3n) is 7.79. The van der Waals surface area contributed by atoms with Crippen molar-refractivity contribution in [2.45, 2.75) is 49.9 Å². The van der Waals surface area contributed by atoms with Gasteiger partial charge in [-0.2, -0.15) is 0 Å². The Bertz CT molecular complexity index is 1370. The van der Waals surface area contributed by atoms with Gasteiger partial charge < -0.3 is 20.0 Å².